The Morgan fingerprint density at radius 2 is 1.93 bits per heavy atom. The van der Waals surface area contributed by atoms with E-state index < -0.39 is 0 Å². The number of rotatable bonds is 7. The van der Waals surface area contributed by atoms with Gasteiger partial charge in [0.05, 0.1) is 5.69 Å². The molecule has 0 bridgehead atoms. The monoisotopic (exact) mass is 388 g/mol. The molecule has 0 aromatic carbocycles. The standard InChI is InChI=1S/C20H32N6O2/c1-14-17(15(2)25(5)22-14)7-9-19(27)26-12-10-16(11-13-26)6-8-18-21-20(24(3)4)28-23-18/h16H,6-13H2,1-5H3. The molecule has 3 rings (SSSR count). The summed E-state index contributed by atoms with van der Waals surface area (Å²) in [5.74, 6) is 1.65. The highest BCUT2D eigenvalue weighted by molar-refractivity contribution is 5.76. The summed E-state index contributed by atoms with van der Waals surface area (Å²) in [6, 6.07) is 0.550. The van der Waals surface area contributed by atoms with E-state index in [-0.39, 0.29) is 5.91 Å². The van der Waals surface area contributed by atoms with Crippen LogP contribution in [0.5, 0.6) is 0 Å². The molecule has 1 fully saturated rings. The van der Waals surface area contributed by atoms with Gasteiger partial charge in [0, 0.05) is 52.8 Å². The Bertz CT molecular complexity index is 802. The van der Waals surface area contributed by atoms with Gasteiger partial charge in [0.25, 0.3) is 0 Å². The zero-order valence-electron chi connectivity index (χ0n) is 17.7. The zero-order valence-corrected chi connectivity index (χ0v) is 17.7. The molecule has 2 aromatic rings. The van der Waals surface area contributed by atoms with Crippen molar-refractivity contribution in [1.82, 2.24) is 24.8 Å². The van der Waals surface area contributed by atoms with Gasteiger partial charge in [-0.3, -0.25) is 9.48 Å². The van der Waals surface area contributed by atoms with Gasteiger partial charge >= 0.3 is 6.01 Å². The number of hydrogen-bond donors (Lipinski definition) is 0. The van der Waals surface area contributed by atoms with Crippen molar-refractivity contribution in [3.05, 3.63) is 22.8 Å². The topological polar surface area (TPSA) is 80.3 Å². The summed E-state index contributed by atoms with van der Waals surface area (Å²) in [7, 11) is 5.73. The summed E-state index contributed by atoms with van der Waals surface area (Å²) in [4.78, 5) is 20.8. The molecule has 2 aromatic heterocycles. The highest BCUT2D eigenvalue weighted by Gasteiger charge is 2.23. The van der Waals surface area contributed by atoms with Crippen molar-refractivity contribution >= 4 is 11.9 Å². The quantitative estimate of drug-likeness (QED) is 0.724. The first kappa shape index (κ1) is 20.4. The number of piperidine rings is 1. The molecule has 0 aliphatic carbocycles. The molecular weight excluding hydrogens is 356 g/mol. The molecular formula is C20H32N6O2. The van der Waals surface area contributed by atoms with Gasteiger partial charge in [0.15, 0.2) is 5.82 Å². The van der Waals surface area contributed by atoms with Crippen LogP contribution >= 0.6 is 0 Å². The van der Waals surface area contributed by atoms with E-state index in [2.05, 4.69) is 22.2 Å². The third-order valence-electron chi connectivity index (χ3n) is 5.83. The van der Waals surface area contributed by atoms with Crippen LogP contribution in [0.3, 0.4) is 0 Å². The molecule has 1 aliphatic rings. The molecule has 0 spiro atoms. The lowest BCUT2D eigenvalue weighted by Crippen LogP contribution is -2.38. The second-order valence-electron chi connectivity index (χ2n) is 8.02. The van der Waals surface area contributed by atoms with E-state index >= 15 is 0 Å². The van der Waals surface area contributed by atoms with Gasteiger partial charge in [-0.25, -0.2) is 0 Å². The zero-order chi connectivity index (χ0) is 20.3. The van der Waals surface area contributed by atoms with Gasteiger partial charge in [-0.15, -0.1) is 0 Å². The Kier molecular flexibility index (Phi) is 6.36. The van der Waals surface area contributed by atoms with Crippen LogP contribution in [0.15, 0.2) is 4.52 Å². The molecule has 1 amide bonds. The molecule has 0 radical (unpaired) electrons. The van der Waals surface area contributed by atoms with Crippen molar-refractivity contribution < 1.29 is 9.32 Å². The second kappa shape index (κ2) is 8.75. The number of carbonyl (C=O) groups excluding carboxylic acids is 1. The molecule has 8 heteroatoms. The van der Waals surface area contributed by atoms with Crippen LogP contribution in [-0.2, 0) is 24.7 Å². The Hall–Kier alpha value is -2.38. The molecule has 28 heavy (non-hydrogen) atoms. The minimum absolute atomic E-state index is 0.259. The predicted octanol–water partition coefficient (Wildman–Crippen LogP) is 2.29. The number of nitrogens with zero attached hydrogens (tertiary/aromatic N) is 6. The third-order valence-corrected chi connectivity index (χ3v) is 5.83. The van der Waals surface area contributed by atoms with Crippen LogP contribution in [-0.4, -0.2) is 57.9 Å². The van der Waals surface area contributed by atoms with Crippen molar-refractivity contribution in [2.75, 3.05) is 32.1 Å². The largest absolute Gasteiger partial charge is 0.343 e. The van der Waals surface area contributed by atoms with Gasteiger partial charge in [-0.2, -0.15) is 10.1 Å². The molecule has 0 N–H and O–H groups in total. The molecule has 1 aliphatic heterocycles. The first-order valence-corrected chi connectivity index (χ1v) is 10.1. The summed E-state index contributed by atoms with van der Waals surface area (Å²) in [5.41, 5.74) is 3.40. The summed E-state index contributed by atoms with van der Waals surface area (Å²) in [5, 5.41) is 8.47. The number of amides is 1. The Morgan fingerprint density at radius 3 is 2.50 bits per heavy atom. The van der Waals surface area contributed by atoms with Gasteiger partial charge in [-0.1, -0.05) is 5.16 Å². The van der Waals surface area contributed by atoms with Crippen molar-refractivity contribution in [3.8, 4) is 0 Å². The van der Waals surface area contributed by atoms with Crippen molar-refractivity contribution in [3.63, 3.8) is 0 Å². The SMILES string of the molecule is Cc1nn(C)c(C)c1CCC(=O)N1CCC(CCc2noc(N(C)C)n2)CC1. The van der Waals surface area contributed by atoms with E-state index in [4.69, 9.17) is 4.52 Å². The highest BCUT2D eigenvalue weighted by Crippen LogP contribution is 2.23. The smallest absolute Gasteiger partial charge is 0.323 e. The lowest BCUT2D eigenvalue weighted by Gasteiger charge is -2.32. The maximum atomic E-state index is 12.6. The summed E-state index contributed by atoms with van der Waals surface area (Å²) in [6.45, 7) is 5.79. The molecule has 0 saturated carbocycles. The maximum absolute atomic E-state index is 12.6. The number of hydrogen-bond acceptors (Lipinski definition) is 6. The van der Waals surface area contributed by atoms with E-state index in [1.54, 1.807) is 0 Å². The van der Waals surface area contributed by atoms with Crippen LogP contribution in [0, 0.1) is 19.8 Å². The number of likely N-dealkylation sites (tertiary alicyclic amines) is 1. The molecule has 154 valence electrons. The minimum atomic E-state index is 0.259. The van der Waals surface area contributed by atoms with Crippen LogP contribution in [0.1, 0.15) is 48.5 Å². The Labute approximate surface area is 166 Å². The van der Waals surface area contributed by atoms with Crippen molar-refractivity contribution in [2.45, 2.75) is 52.4 Å². The van der Waals surface area contributed by atoms with E-state index in [9.17, 15) is 4.79 Å². The van der Waals surface area contributed by atoms with Gasteiger partial charge < -0.3 is 14.3 Å². The Balaban J connectivity index is 1.41. The first-order valence-electron chi connectivity index (χ1n) is 10.1. The van der Waals surface area contributed by atoms with E-state index in [0.29, 0.717) is 18.4 Å². The Morgan fingerprint density at radius 1 is 1.21 bits per heavy atom. The average Bonchev–Trinajstić information content (AvgIpc) is 3.24. The average molecular weight is 389 g/mol. The normalized spacial score (nSPS) is 15.2. The number of aryl methyl sites for hydroxylation is 3. The fourth-order valence-electron chi connectivity index (χ4n) is 3.90. The molecule has 8 nitrogen and oxygen atoms in total. The maximum Gasteiger partial charge on any atom is 0.323 e. The predicted molar refractivity (Wildman–Crippen MR) is 107 cm³/mol. The molecule has 0 unspecified atom stereocenters. The fourth-order valence-corrected chi connectivity index (χ4v) is 3.90. The summed E-state index contributed by atoms with van der Waals surface area (Å²) in [6.07, 6.45) is 5.31. The minimum Gasteiger partial charge on any atom is -0.343 e. The van der Waals surface area contributed by atoms with Gasteiger partial charge in [0.1, 0.15) is 0 Å². The van der Waals surface area contributed by atoms with Crippen LogP contribution in [0.25, 0.3) is 0 Å². The molecule has 3 heterocycles. The number of carbonyl (C=O) groups is 1. The first-order chi connectivity index (χ1) is 13.3. The lowest BCUT2D eigenvalue weighted by molar-refractivity contribution is -0.132. The summed E-state index contributed by atoms with van der Waals surface area (Å²) >= 11 is 0. The lowest BCUT2D eigenvalue weighted by atomic mass is 9.92. The fraction of sp³-hybridized carbons (Fsp3) is 0.700. The van der Waals surface area contributed by atoms with Crippen LogP contribution in [0.2, 0.25) is 0 Å². The van der Waals surface area contributed by atoms with Crippen LogP contribution < -0.4 is 4.90 Å². The summed E-state index contributed by atoms with van der Waals surface area (Å²) < 4.78 is 7.10. The van der Waals surface area contributed by atoms with Gasteiger partial charge in [-0.05, 0) is 51.0 Å². The second-order valence-corrected chi connectivity index (χ2v) is 8.02. The third kappa shape index (κ3) is 4.72. The number of anilines is 1. The van der Waals surface area contributed by atoms with Gasteiger partial charge in [0.2, 0.25) is 5.91 Å². The van der Waals surface area contributed by atoms with E-state index in [1.165, 1.54) is 5.56 Å². The molecule has 0 atom stereocenters. The van der Waals surface area contributed by atoms with E-state index in [0.717, 1.165) is 62.4 Å². The highest BCUT2D eigenvalue weighted by atomic mass is 16.5. The van der Waals surface area contributed by atoms with Crippen molar-refractivity contribution in [2.24, 2.45) is 13.0 Å². The number of aromatic nitrogens is 4. The van der Waals surface area contributed by atoms with Crippen molar-refractivity contribution in [1.29, 1.82) is 0 Å². The van der Waals surface area contributed by atoms with E-state index in [1.807, 2.05) is 42.5 Å². The van der Waals surface area contributed by atoms with Crippen LogP contribution in [0.4, 0.5) is 6.01 Å². The molecule has 1 saturated heterocycles.